The zero-order valence-corrected chi connectivity index (χ0v) is 20.0. The summed E-state index contributed by atoms with van der Waals surface area (Å²) in [6.07, 6.45) is 5.43. The summed E-state index contributed by atoms with van der Waals surface area (Å²) in [6.45, 7) is 6.48. The Hall–Kier alpha value is -2.87. The van der Waals surface area contributed by atoms with Gasteiger partial charge in [-0.1, -0.05) is 31.9 Å². The number of hydrogen-bond donors (Lipinski definition) is 3. The summed E-state index contributed by atoms with van der Waals surface area (Å²) in [7, 11) is 0. The first kappa shape index (κ1) is 23.3. The second-order valence-electron chi connectivity index (χ2n) is 9.98. The normalized spacial score (nSPS) is 21.3. The van der Waals surface area contributed by atoms with Gasteiger partial charge in [-0.25, -0.2) is 4.98 Å². The van der Waals surface area contributed by atoms with Crippen molar-refractivity contribution in [1.82, 2.24) is 14.9 Å². The van der Waals surface area contributed by atoms with Gasteiger partial charge in [0.15, 0.2) is 0 Å². The molecule has 176 valence electrons. The number of carbonyl (C=O) groups excluding carboxylic acids is 3. The summed E-state index contributed by atoms with van der Waals surface area (Å²) in [5.74, 6) is -0.475. The van der Waals surface area contributed by atoms with Crippen molar-refractivity contribution in [3.63, 3.8) is 0 Å². The van der Waals surface area contributed by atoms with E-state index in [2.05, 4.69) is 29.5 Å². The zero-order chi connectivity index (χ0) is 23.9. The number of pyridine rings is 1. The number of hydrogen-bond acceptors (Lipinski definition) is 4. The van der Waals surface area contributed by atoms with Crippen molar-refractivity contribution < 1.29 is 14.4 Å². The Labute approximate surface area is 198 Å². The van der Waals surface area contributed by atoms with Gasteiger partial charge in [-0.3, -0.25) is 14.4 Å². The Morgan fingerprint density at radius 1 is 1.21 bits per heavy atom. The number of anilines is 1. The van der Waals surface area contributed by atoms with E-state index < -0.39 is 5.91 Å². The molecule has 1 saturated carbocycles. The highest BCUT2D eigenvalue weighted by molar-refractivity contribution is 6.33. The van der Waals surface area contributed by atoms with Gasteiger partial charge in [0.1, 0.15) is 11.5 Å². The molecular formula is C24H30ClN5O3. The van der Waals surface area contributed by atoms with Crippen LogP contribution >= 0.6 is 11.6 Å². The molecule has 3 amide bonds. The molecule has 2 aromatic rings. The van der Waals surface area contributed by atoms with Crippen LogP contribution in [0, 0.1) is 11.3 Å². The molecule has 0 spiro atoms. The van der Waals surface area contributed by atoms with Gasteiger partial charge >= 0.3 is 0 Å². The minimum atomic E-state index is -0.482. The Morgan fingerprint density at radius 2 is 1.97 bits per heavy atom. The Morgan fingerprint density at radius 3 is 2.67 bits per heavy atom. The number of fused-ring (bicyclic) bond motifs is 1. The number of nitrogens with one attached hydrogen (secondary N) is 2. The summed E-state index contributed by atoms with van der Waals surface area (Å²) in [4.78, 5) is 40.7. The van der Waals surface area contributed by atoms with Gasteiger partial charge in [0.25, 0.3) is 5.91 Å². The van der Waals surface area contributed by atoms with Crippen molar-refractivity contribution in [2.24, 2.45) is 17.1 Å². The third-order valence-corrected chi connectivity index (χ3v) is 6.84. The molecule has 2 aliphatic rings. The summed E-state index contributed by atoms with van der Waals surface area (Å²) < 4.78 is 1.97. The fraction of sp³-hybridized carbons (Fsp3) is 0.500. The molecule has 4 rings (SSSR count). The fourth-order valence-electron chi connectivity index (χ4n) is 5.12. The van der Waals surface area contributed by atoms with Crippen LogP contribution in [0.2, 0.25) is 5.02 Å². The van der Waals surface area contributed by atoms with Crippen LogP contribution in [0.1, 0.15) is 62.6 Å². The molecule has 2 aromatic heterocycles. The molecule has 0 radical (unpaired) electrons. The number of primary amides is 1. The molecule has 8 nitrogen and oxygen atoms in total. The minimum absolute atomic E-state index is 0.00245. The van der Waals surface area contributed by atoms with E-state index in [-0.39, 0.29) is 29.2 Å². The highest BCUT2D eigenvalue weighted by Gasteiger charge is 2.34. The van der Waals surface area contributed by atoms with Gasteiger partial charge < -0.3 is 20.9 Å². The molecule has 3 heterocycles. The number of amides is 3. The minimum Gasteiger partial charge on any atom is -0.364 e. The lowest BCUT2D eigenvalue weighted by Crippen LogP contribution is -2.40. The topological polar surface area (TPSA) is 119 Å². The summed E-state index contributed by atoms with van der Waals surface area (Å²) in [5, 5.41) is 6.27. The van der Waals surface area contributed by atoms with Crippen molar-refractivity contribution in [2.75, 3.05) is 5.32 Å². The molecule has 33 heavy (non-hydrogen) atoms. The number of rotatable bonds is 5. The highest BCUT2D eigenvalue weighted by Crippen LogP contribution is 2.42. The lowest BCUT2D eigenvalue weighted by atomic mass is 9.85. The third kappa shape index (κ3) is 4.90. The molecule has 1 fully saturated rings. The zero-order valence-electron chi connectivity index (χ0n) is 19.2. The van der Waals surface area contributed by atoms with Crippen LogP contribution in [0.4, 0.5) is 5.82 Å². The quantitative estimate of drug-likeness (QED) is 0.618. The predicted molar refractivity (Wildman–Crippen MR) is 127 cm³/mol. The average Bonchev–Trinajstić information content (AvgIpc) is 3.22. The van der Waals surface area contributed by atoms with E-state index in [1.165, 1.54) is 13.1 Å². The van der Waals surface area contributed by atoms with Gasteiger partial charge in [-0.2, -0.15) is 0 Å². The first-order chi connectivity index (χ1) is 15.5. The molecule has 9 heteroatoms. The van der Waals surface area contributed by atoms with Gasteiger partial charge in [0, 0.05) is 48.4 Å². The Balaban J connectivity index is 1.59. The van der Waals surface area contributed by atoms with Crippen LogP contribution in [0.25, 0.3) is 11.1 Å². The number of nitrogens with two attached hydrogens (primary N) is 1. The van der Waals surface area contributed by atoms with E-state index in [1.54, 1.807) is 12.1 Å². The van der Waals surface area contributed by atoms with E-state index in [9.17, 15) is 14.4 Å². The van der Waals surface area contributed by atoms with E-state index in [0.29, 0.717) is 35.1 Å². The average molecular weight is 472 g/mol. The molecule has 1 aliphatic carbocycles. The van der Waals surface area contributed by atoms with E-state index >= 15 is 0 Å². The fourth-order valence-corrected chi connectivity index (χ4v) is 5.33. The Kier molecular flexibility index (Phi) is 6.22. The lowest BCUT2D eigenvalue weighted by Gasteiger charge is -2.28. The standard InChI is InChI=1S/C24H30ClN5O3/c1-13(31)28-15-6-4-5-14(7-15)23(33)29-21-9-16(18(25)11-27-21)17-8-19(22(26)32)30-12-24(2,3)10-20(17)30/h8-9,11,14-15H,4-7,10,12H2,1-3H3,(H2,26,32)(H,28,31)(H,27,29,33). The summed E-state index contributed by atoms with van der Waals surface area (Å²) in [6, 6.07) is 3.54. The van der Waals surface area contributed by atoms with Crippen molar-refractivity contribution in [2.45, 2.75) is 65.5 Å². The maximum absolute atomic E-state index is 12.9. The van der Waals surface area contributed by atoms with Gasteiger partial charge in [-0.15, -0.1) is 0 Å². The first-order valence-corrected chi connectivity index (χ1v) is 11.7. The second kappa shape index (κ2) is 8.82. The number of aromatic nitrogens is 2. The molecular weight excluding hydrogens is 442 g/mol. The largest absolute Gasteiger partial charge is 0.364 e. The number of halogens is 1. The van der Waals surface area contributed by atoms with Crippen molar-refractivity contribution in [3.8, 4) is 11.1 Å². The highest BCUT2D eigenvalue weighted by atomic mass is 35.5. The smallest absolute Gasteiger partial charge is 0.265 e. The van der Waals surface area contributed by atoms with Crippen LogP contribution in [0.15, 0.2) is 18.3 Å². The summed E-state index contributed by atoms with van der Waals surface area (Å²) >= 11 is 6.50. The number of carbonyl (C=O) groups is 3. The Bertz CT molecular complexity index is 1120. The van der Waals surface area contributed by atoms with E-state index in [4.69, 9.17) is 17.3 Å². The monoisotopic (exact) mass is 471 g/mol. The maximum atomic E-state index is 12.9. The molecule has 4 N–H and O–H groups in total. The molecule has 0 aromatic carbocycles. The van der Waals surface area contributed by atoms with Gasteiger partial charge in [-0.05, 0) is 43.2 Å². The van der Waals surface area contributed by atoms with E-state index in [1.807, 2.05) is 4.57 Å². The molecule has 2 atom stereocenters. The second-order valence-corrected chi connectivity index (χ2v) is 10.4. The van der Waals surface area contributed by atoms with E-state index in [0.717, 1.165) is 36.9 Å². The van der Waals surface area contributed by atoms with Crippen molar-refractivity contribution >= 4 is 35.1 Å². The van der Waals surface area contributed by atoms with Gasteiger partial charge in [0.2, 0.25) is 11.8 Å². The number of nitrogens with zero attached hydrogens (tertiary/aromatic N) is 2. The van der Waals surface area contributed by atoms with Crippen LogP contribution in [-0.4, -0.2) is 33.3 Å². The molecule has 0 saturated heterocycles. The van der Waals surface area contributed by atoms with Crippen LogP contribution in [0.5, 0.6) is 0 Å². The van der Waals surface area contributed by atoms with Gasteiger partial charge in [0.05, 0.1) is 5.02 Å². The predicted octanol–water partition coefficient (Wildman–Crippen LogP) is 3.52. The van der Waals surface area contributed by atoms with Crippen LogP contribution < -0.4 is 16.4 Å². The van der Waals surface area contributed by atoms with Crippen molar-refractivity contribution in [1.29, 1.82) is 0 Å². The maximum Gasteiger partial charge on any atom is 0.265 e. The van der Waals surface area contributed by atoms with Crippen molar-refractivity contribution in [3.05, 3.63) is 34.7 Å². The first-order valence-electron chi connectivity index (χ1n) is 11.3. The summed E-state index contributed by atoms with van der Waals surface area (Å²) in [5.41, 5.74) is 8.63. The molecule has 0 bridgehead atoms. The molecule has 1 aliphatic heterocycles. The third-order valence-electron chi connectivity index (χ3n) is 6.54. The van der Waals surface area contributed by atoms with Crippen LogP contribution in [-0.2, 0) is 22.6 Å². The lowest BCUT2D eigenvalue weighted by molar-refractivity contribution is -0.123. The van der Waals surface area contributed by atoms with Crippen LogP contribution in [0.3, 0.4) is 0 Å². The SMILES string of the molecule is CC(=O)NC1CCCC(C(=O)Nc2cc(-c3cc(C(N)=O)n4c3CC(C)(C)C4)c(Cl)cn2)C1. The molecule has 2 unspecified atom stereocenters.